The van der Waals surface area contributed by atoms with Crippen molar-refractivity contribution in [2.75, 3.05) is 6.61 Å². The molecule has 7 nitrogen and oxygen atoms in total. The fourth-order valence-corrected chi connectivity index (χ4v) is 2.17. The summed E-state index contributed by atoms with van der Waals surface area (Å²) in [5.41, 5.74) is 4.22. The number of hydrogen-bond acceptors (Lipinski definition) is 5. The van der Waals surface area contributed by atoms with Gasteiger partial charge in [-0.25, -0.2) is 5.43 Å². The second-order valence-electron chi connectivity index (χ2n) is 5.81. The standard InChI is InChI=1S/C19H21N3O4/c1-3-14(2)16-6-10-18(11-7-16)26-13-19(23)21-20-12-15-4-8-17(9-5-15)22(24)25/h4-12,14H,3,13H2,1-2H3,(H,21,23)/b20-12-/t14-/m0/s1. The van der Waals surface area contributed by atoms with Crippen molar-refractivity contribution in [1.82, 2.24) is 5.43 Å². The van der Waals surface area contributed by atoms with E-state index in [4.69, 9.17) is 4.74 Å². The molecule has 0 saturated carbocycles. The van der Waals surface area contributed by atoms with Gasteiger partial charge in [-0.2, -0.15) is 5.10 Å². The number of nitrogens with one attached hydrogen (secondary N) is 1. The van der Waals surface area contributed by atoms with Crippen LogP contribution in [0.15, 0.2) is 53.6 Å². The number of ether oxygens (including phenoxy) is 1. The first-order chi connectivity index (χ1) is 12.5. The quantitative estimate of drug-likeness (QED) is 0.444. The zero-order valence-electron chi connectivity index (χ0n) is 14.7. The molecular weight excluding hydrogens is 334 g/mol. The van der Waals surface area contributed by atoms with Gasteiger partial charge in [-0.15, -0.1) is 0 Å². The van der Waals surface area contributed by atoms with Gasteiger partial charge in [0.25, 0.3) is 11.6 Å². The lowest BCUT2D eigenvalue weighted by Gasteiger charge is -2.10. The van der Waals surface area contributed by atoms with E-state index in [1.54, 1.807) is 12.1 Å². The lowest BCUT2D eigenvalue weighted by molar-refractivity contribution is -0.384. The topological polar surface area (TPSA) is 93.8 Å². The van der Waals surface area contributed by atoms with Gasteiger partial charge in [0.05, 0.1) is 11.1 Å². The molecule has 1 amide bonds. The normalized spacial score (nSPS) is 11.9. The van der Waals surface area contributed by atoms with Gasteiger partial charge in [-0.05, 0) is 47.7 Å². The highest BCUT2D eigenvalue weighted by Gasteiger charge is 2.05. The molecule has 2 aromatic rings. The van der Waals surface area contributed by atoms with Gasteiger partial charge in [-0.1, -0.05) is 26.0 Å². The summed E-state index contributed by atoms with van der Waals surface area (Å²) in [6, 6.07) is 13.5. The Morgan fingerprint density at radius 1 is 1.23 bits per heavy atom. The molecule has 0 bridgehead atoms. The second kappa shape index (κ2) is 9.31. The van der Waals surface area contributed by atoms with E-state index in [-0.39, 0.29) is 12.3 Å². The van der Waals surface area contributed by atoms with Gasteiger partial charge in [-0.3, -0.25) is 14.9 Å². The number of nitrogens with zero attached hydrogens (tertiary/aromatic N) is 2. The average Bonchev–Trinajstić information content (AvgIpc) is 2.66. The van der Waals surface area contributed by atoms with Gasteiger partial charge in [0, 0.05) is 12.1 Å². The first-order valence-electron chi connectivity index (χ1n) is 8.28. The van der Waals surface area contributed by atoms with Crippen molar-refractivity contribution in [3.05, 3.63) is 69.8 Å². The van der Waals surface area contributed by atoms with E-state index in [9.17, 15) is 14.9 Å². The smallest absolute Gasteiger partial charge is 0.277 e. The number of hydrogen-bond donors (Lipinski definition) is 1. The third kappa shape index (κ3) is 5.70. The van der Waals surface area contributed by atoms with Crippen molar-refractivity contribution in [3.8, 4) is 5.75 Å². The van der Waals surface area contributed by atoms with Crippen LogP contribution in [-0.2, 0) is 4.79 Å². The number of benzene rings is 2. The van der Waals surface area contributed by atoms with Crippen molar-refractivity contribution >= 4 is 17.8 Å². The molecule has 1 atom stereocenters. The molecule has 0 heterocycles. The molecule has 0 aromatic heterocycles. The molecule has 2 rings (SSSR count). The molecule has 26 heavy (non-hydrogen) atoms. The van der Waals surface area contributed by atoms with Crippen LogP contribution in [-0.4, -0.2) is 23.7 Å². The molecule has 0 aliphatic carbocycles. The lowest BCUT2D eigenvalue weighted by atomic mass is 9.99. The summed E-state index contributed by atoms with van der Waals surface area (Å²) in [6.07, 6.45) is 2.47. The minimum atomic E-state index is -0.477. The van der Waals surface area contributed by atoms with Gasteiger partial charge < -0.3 is 4.74 Å². The maximum Gasteiger partial charge on any atom is 0.277 e. The molecule has 0 spiro atoms. The van der Waals surface area contributed by atoms with E-state index < -0.39 is 10.8 Å². The van der Waals surface area contributed by atoms with Crippen molar-refractivity contribution in [1.29, 1.82) is 0 Å². The molecule has 1 N–H and O–H groups in total. The largest absolute Gasteiger partial charge is 0.484 e. The van der Waals surface area contributed by atoms with E-state index in [1.165, 1.54) is 23.9 Å². The number of carbonyl (C=O) groups excluding carboxylic acids is 1. The van der Waals surface area contributed by atoms with Crippen LogP contribution in [0.1, 0.15) is 37.3 Å². The summed E-state index contributed by atoms with van der Waals surface area (Å²) >= 11 is 0. The predicted molar refractivity (Wildman–Crippen MR) is 99.5 cm³/mol. The van der Waals surface area contributed by atoms with Crippen LogP contribution in [0.5, 0.6) is 5.75 Å². The molecule has 0 unspecified atom stereocenters. The van der Waals surface area contributed by atoms with Crippen LogP contribution in [0.4, 0.5) is 5.69 Å². The van der Waals surface area contributed by atoms with Crippen molar-refractivity contribution in [3.63, 3.8) is 0 Å². The lowest BCUT2D eigenvalue weighted by Crippen LogP contribution is -2.24. The van der Waals surface area contributed by atoms with Crippen LogP contribution in [0, 0.1) is 10.1 Å². The third-order valence-corrected chi connectivity index (χ3v) is 3.94. The Kier molecular flexibility index (Phi) is 6.84. The highest BCUT2D eigenvalue weighted by Crippen LogP contribution is 2.21. The maximum absolute atomic E-state index is 11.7. The zero-order valence-corrected chi connectivity index (χ0v) is 14.7. The molecule has 0 aliphatic rings. The average molecular weight is 355 g/mol. The van der Waals surface area contributed by atoms with Gasteiger partial charge in [0.2, 0.25) is 0 Å². The third-order valence-electron chi connectivity index (χ3n) is 3.94. The van der Waals surface area contributed by atoms with Crippen LogP contribution in [0.2, 0.25) is 0 Å². The monoisotopic (exact) mass is 355 g/mol. The van der Waals surface area contributed by atoms with Crippen LogP contribution < -0.4 is 10.2 Å². The van der Waals surface area contributed by atoms with Gasteiger partial charge >= 0.3 is 0 Å². The number of nitro benzene ring substituents is 1. The van der Waals surface area contributed by atoms with E-state index in [1.807, 2.05) is 24.3 Å². The Balaban J connectivity index is 1.78. The summed E-state index contributed by atoms with van der Waals surface area (Å²) in [5.74, 6) is 0.710. The van der Waals surface area contributed by atoms with E-state index in [0.717, 1.165) is 6.42 Å². The number of nitro groups is 1. The predicted octanol–water partition coefficient (Wildman–Crippen LogP) is 3.64. The molecular formula is C19H21N3O4. The molecule has 0 aliphatic heterocycles. The van der Waals surface area contributed by atoms with Crippen LogP contribution in [0.25, 0.3) is 0 Å². The Morgan fingerprint density at radius 3 is 2.46 bits per heavy atom. The first-order valence-corrected chi connectivity index (χ1v) is 8.28. The Bertz CT molecular complexity index is 770. The SMILES string of the molecule is CC[C@H](C)c1ccc(OCC(=O)N/N=C\c2ccc([N+](=O)[O-])cc2)cc1. The number of rotatable bonds is 8. The van der Waals surface area contributed by atoms with Gasteiger partial charge in [0.1, 0.15) is 5.75 Å². The molecule has 2 aromatic carbocycles. The summed E-state index contributed by atoms with van der Waals surface area (Å²) in [6.45, 7) is 4.14. The fourth-order valence-electron chi connectivity index (χ4n) is 2.17. The van der Waals surface area contributed by atoms with E-state index >= 15 is 0 Å². The highest BCUT2D eigenvalue weighted by atomic mass is 16.6. The summed E-state index contributed by atoms with van der Waals surface area (Å²) in [4.78, 5) is 21.8. The minimum absolute atomic E-state index is 0.000986. The number of hydrazone groups is 1. The minimum Gasteiger partial charge on any atom is -0.484 e. The Labute approximate surface area is 151 Å². The Hall–Kier alpha value is -3.22. The molecule has 0 radical (unpaired) electrons. The van der Waals surface area contributed by atoms with E-state index in [2.05, 4.69) is 24.4 Å². The molecule has 0 saturated heterocycles. The van der Waals surface area contributed by atoms with Crippen molar-refractivity contribution in [2.45, 2.75) is 26.2 Å². The summed E-state index contributed by atoms with van der Waals surface area (Å²) in [5, 5.41) is 14.4. The van der Waals surface area contributed by atoms with Gasteiger partial charge in [0.15, 0.2) is 6.61 Å². The zero-order chi connectivity index (χ0) is 18.9. The highest BCUT2D eigenvalue weighted by molar-refractivity contribution is 5.83. The summed E-state index contributed by atoms with van der Waals surface area (Å²) < 4.78 is 5.42. The number of carbonyl (C=O) groups is 1. The number of amides is 1. The first kappa shape index (κ1) is 19.1. The molecule has 136 valence electrons. The van der Waals surface area contributed by atoms with Crippen LogP contribution >= 0.6 is 0 Å². The van der Waals surface area contributed by atoms with Crippen molar-refractivity contribution in [2.24, 2.45) is 5.10 Å². The fraction of sp³-hybridized carbons (Fsp3) is 0.263. The molecule has 7 heteroatoms. The summed E-state index contributed by atoms with van der Waals surface area (Å²) in [7, 11) is 0. The Morgan fingerprint density at radius 2 is 1.88 bits per heavy atom. The number of non-ortho nitro benzene ring substituents is 1. The molecule has 0 fully saturated rings. The van der Waals surface area contributed by atoms with E-state index in [0.29, 0.717) is 17.2 Å². The second-order valence-corrected chi connectivity index (χ2v) is 5.81. The maximum atomic E-state index is 11.7. The van der Waals surface area contributed by atoms with Crippen molar-refractivity contribution < 1.29 is 14.5 Å². The van der Waals surface area contributed by atoms with Crippen LogP contribution in [0.3, 0.4) is 0 Å².